The van der Waals surface area contributed by atoms with E-state index in [0.717, 1.165) is 23.6 Å². The lowest BCUT2D eigenvalue weighted by Crippen LogP contribution is -2.17. The third-order valence-electron chi connectivity index (χ3n) is 2.81. The molecule has 0 amide bonds. The van der Waals surface area contributed by atoms with Crippen LogP contribution in [-0.4, -0.2) is 21.2 Å². The summed E-state index contributed by atoms with van der Waals surface area (Å²) in [6, 6.07) is 1.98. The van der Waals surface area contributed by atoms with E-state index < -0.39 is 0 Å². The third kappa shape index (κ3) is 3.01. The molecule has 0 aromatic carbocycles. The van der Waals surface area contributed by atoms with E-state index >= 15 is 0 Å². The van der Waals surface area contributed by atoms with Crippen LogP contribution in [0.1, 0.15) is 63.2 Å². The highest BCUT2D eigenvalue weighted by Crippen LogP contribution is 2.23. The first-order valence-electron chi connectivity index (χ1n) is 5.99. The number of aromatic nitrogens is 2. The molecule has 0 aliphatic carbocycles. The van der Waals surface area contributed by atoms with Crippen molar-refractivity contribution in [3.8, 4) is 0 Å². The molecule has 1 N–H and O–H groups in total. The van der Waals surface area contributed by atoms with Gasteiger partial charge in [0.25, 0.3) is 0 Å². The van der Waals surface area contributed by atoms with Gasteiger partial charge in [-0.1, -0.05) is 20.8 Å². The quantitative estimate of drug-likeness (QED) is 0.852. The zero-order chi connectivity index (χ0) is 12.3. The van der Waals surface area contributed by atoms with Gasteiger partial charge in [0, 0.05) is 23.2 Å². The van der Waals surface area contributed by atoms with Crippen LogP contribution in [0.5, 0.6) is 0 Å². The minimum absolute atomic E-state index is 0.110. The molecule has 1 heterocycles. The fraction of sp³-hybridized carbons (Fsp3) is 0.692. The molecule has 2 unspecified atom stereocenters. The molecule has 1 aromatic heterocycles. The largest absolute Gasteiger partial charge is 0.393 e. The lowest BCUT2D eigenvalue weighted by Gasteiger charge is -2.19. The summed E-state index contributed by atoms with van der Waals surface area (Å²) >= 11 is 0. The Labute approximate surface area is 97.9 Å². The molecule has 0 saturated carbocycles. The Balaban J connectivity index is 3.12. The van der Waals surface area contributed by atoms with Crippen molar-refractivity contribution < 1.29 is 5.11 Å². The minimum Gasteiger partial charge on any atom is -0.393 e. The normalized spacial score (nSPS) is 15.2. The van der Waals surface area contributed by atoms with Crippen LogP contribution in [0, 0.1) is 6.92 Å². The smallest absolute Gasteiger partial charge is 0.131 e. The summed E-state index contributed by atoms with van der Waals surface area (Å²) in [6.45, 7) is 10.0. The average Bonchev–Trinajstić information content (AvgIpc) is 2.17. The van der Waals surface area contributed by atoms with E-state index in [1.807, 2.05) is 19.9 Å². The highest BCUT2D eigenvalue weighted by molar-refractivity contribution is 5.16. The van der Waals surface area contributed by atoms with Gasteiger partial charge in [-0.25, -0.2) is 9.97 Å². The zero-order valence-corrected chi connectivity index (χ0v) is 10.9. The molecule has 3 nitrogen and oxygen atoms in total. The predicted octanol–water partition coefficient (Wildman–Crippen LogP) is 2.78. The van der Waals surface area contributed by atoms with Gasteiger partial charge in [0.1, 0.15) is 5.82 Å². The summed E-state index contributed by atoms with van der Waals surface area (Å²) in [6.07, 6.45) is 0.533. The molecule has 2 atom stereocenters. The highest BCUT2D eigenvalue weighted by atomic mass is 16.3. The average molecular weight is 222 g/mol. The second kappa shape index (κ2) is 5.39. The summed E-state index contributed by atoms with van der Waals surface area (Å²) < 4.78 is 0. The van der Waals surface area contributed by atoms with Gasteiger partial charge >= 0.3 is 0 Å². The van der Waals surface area contributed by atoms with Crippen molar-refractivity contribution in [1.29, 1.82) is 0 Å². The molecule has 0 bridgehead atoms. The number of aliphatic hydroxyl groups is 1. The maximum absolute atomic E-state index is 9.73. The van der Waals surface area contributed by atoms with E-state index in [9.17, 15) is 5.11 Å². The fourth-order valence-electron chi connectivity index (χ4n) is 1.86. The van der Waals surface area contributed by atoms with E-state index in [2.05, 4.69) is 30.7 Å². The molecule has 1 aromatic rings. The summed E-state index contributed by atoms with van der Waals surface area (Å²) in [4.78, 5) is 8.97. The van der Waals surface area contributed by atoms with Crippen LogP contribution in [-0.2, 0) is 0 Å². The molecule has 0 radical (unpaired) electrons. The van der Waals surface area contributed by atoms with Crippen LogP contribution in [0.25, 0.3) is 0 Å². The molecule has 0 fully saturated rings. The van der Waals surface area contributed by atoms with Crippen molar-refractivity contribution in [3.63, 3.8) is 0 Å². The number of aliphatic hydroxyl groups excluding tert-OH is 1. The van der Waals surface area contributed by atoms with Crippen molar-refractivity contribution in [2.45, 2.75) is 59.0 Å². The molecular formula is C13H22N2O. The van der Waals surface area contributed by atoms with Gasteiger partial charge in [0.05, 0.1) is 6.10 Å². The highest BCUT2D eigenvalue weighted by Gasteiger charge is 2.18. The maximum Gasteiger partial charge on any atom is 0.131 e. The zero-order valence-electron chi connectivity index (χ0n) is 10.9. The Morgan fingerprint density at radius 1 is 1.25 bits per heavy atom. The van der Waals surface area contributed by atoms with E-state index in [0.29, 0.717) is 5.92 Å². The van der Waals surface area contributed by atoms with E-state index in [1.54, 1.807) is 0 Å². The number of aryl methyl sites for hydroxylation is 1. The van der Waals surface area contributed by atoms with Crippen molar-refractivity contribution in [3.05, 3.63) is 23.3 Å². The van der Waals surface area contributed by atoms with E-state index in [-0.39, 0.29) is 12.0 Å². The summed E-state index contributed by atoms with van der Waals surface area (Å²) in [5, 5.41) is 9.73. The molecule has 0 aliphatic heterocycles. The summed E-state index contributed by atoms with van der Waals surface area (Å²) in [5.41, 5.74) is 1.95. The number of hydrogen-bond donors (Lipinski definition) is 1. The van der Waals surface area contributed by atoms with Crippen molar-refractivity contribution in [1.82, 2.24) is 9.97 Å². The molecule has 1 rings (SSSR count). The summed E-state index contributed by atoms with van der Waals surface area (Å²) in [7, 11) is 0. The second-order valence-electron chi connectivity index (χ2n) is 4.70. The SMILES string of the molecule is CCC(c1cc(C)nc(C(C)C)n1)C(C)O. The van der Waals surface area contributed by atoms with Gasteiger partial charge in [-0.3, -0.25) is 0 Å². The van der Waals surface area contributed by atoms with Gasteiger partial charge in [-0.2, -0.15) is 0 Å². The van der Waals surface area contributed by atoms with Crippen molar-refractivity contribution >= 4 is 0 Å². The molecule has 3 heteroatoms. The Kier molecular flexibility index (Phi) is 4.42. The van der Waals surface area contributed by atoms with Crippen LogP contribution >= 0.6 is 0 Å². The predicted molar refractivity (Wildman–Crippen MR) is 65.6 cm³/mol. The lowest BCUT2D eigenvalue weighted by atomic mass is 9.96. The first kappa shape index (κ1) is 13.1. The Bertz CT molecular complexity index is 348. The van der Waals surface area contributed by atoms with Crippen molar-refractivity contribution in [2.24, 2.45) is 0 Å². The van der Waals surface area contributed by atoms with Gasteiger partial charge < -0.3 is 5.11 Å². The van der Waals surface area contributed by atoms with E-state index in [4.69, 9.17) is 0 Å². The van der Waals surface area contributed by atoms with Crippen LogP contribution in [0.3, 0.4) is 0 Å². The third-order valence-corrected chi connectivity index (χ3v) is 2.81. The van der Waals surface area contributed by atoms with Gasteiger partial charge in [-0.05, 0) is 26.3 Å². The van der Waals surface area contributed by atoms with Gasteiger partial charge in [0.15, 0.2) is 0 Å². The number of nitrogens with zero attached hydrogens (tertiary/aromatic N) is 2. The van der Waals surface area contributed by atoms with E-state index in [1.165, 1.54) is 0 Å². The molecule has 16 heavy (non-hydrogen) atoms. The Morgan fingerprint density at radius 2 is 1.88 bits per heavy atom. The molecule has 0 aliphatic rings. The van der Waals surface area contributed by atoms with Crippen LogP contribution < -0.4 is 0 Å². The number of hydrogen-bond acceptors (Lipinski definition) is 3. The standard InChI is InChI=1S/C13H22N2O/c1-6-11(10(5)16)12-7-9(4)14-13(15-12)8(2)3/h7-8,10-11,16H,6H2,1-5H3. The monoisotopic (exact) mass is 222 g/mol. The van der Waals surface area contributed by atoms with Gasteiger partial charge in [-0.15, -0.1) is 0 Å². The Hall–Kier alpha value is -0.960. The van der Waals surface area contributed by atoms with Gasteiger partial charge in [0.2, 0.25) is 0 Å². The van der Waals surface area contributed by atoms with Crippen LogP contribution in [0.15, 0.2) is 6.07 Å². The topological polar surface area (TPSA) is 46.0 Å². The molecule has 90 valence electrons. The fourth-order valence-corrected chi connectivity index (χ4v) is 1.86. The second-order valence-corrected chi connectivity index (χ2v) is 4.70. The molecule has 0 saturated heterocycles. The first-order valence-corrected chi connectivity index (χ1v) is 5.99. The van der Waals surface area contributed by atoms with Crippen LogP contribution in [0.2, 0.25) is 0 Å². The minimum atomic E-state index is -0.362. The van der Waals surface area contributed by atoms with Crippen molar-refractivity contribution in [2.75, 3.05) is 0 Å². The van der Waals surface area contributed by atoms with Crippen LogP contribution in [0.4, 0.5) is 0 Å². The number of rotatable bonds is 4. The molecular weight excluding hydrogens is 200 g/mol. The Morgan fingerprint density at radius 3 is 2.31 bits per heavy atom. The lowest BCUT2D eigenvalue weighted by molar-refractivity contribution is 0.157. The summed E-state index contributed by atoms with van der Waals surface area (Å²) in [5.74, 6) is 1.30. The molecule has 0 spiro atoms. The maximum atomic E-state index is 9.73. The first-order chi connectivity index (χ1) is 7.45.